The van der Waals surface area contributed by atoms with Gasteiger partial charge >= 0.3 is 11.9 Å². The summed E-state index contributed by atoms with van der Waals surface area (Å²) in [5.74, 6) is -4.01. The van der Waals surface area contributed by atoms with Crippen LogP contribution in [0.5, 0.6) is 0 Å². The summed E-state index contributed by atoms with van der Waals surface area (Å²) < 4.78 is 0. The summed E-state index contributed by atoms with van der Waals surface area (Å²) in [7, 11) is 0. The minimum atomic E-state index is -1.44. The summed E-state index contributed by atoms with van der Waals surface area (Å²) in [4.78, 5) is 64.9. The largest absolute Gasteiger partial charge is 0.481 e. The van der Waals surface area contributed by atoms with Crippen LogP contribution < -0.4 is 27.4 Å². The number of para-hydroxylation sites is 1. The van der Waals surface area contributed by atoms with Gasteiger partial charge in [-0.3, -0.25) is 19.2 Å². The highest BCUT2D eigenvalue weighted by atomic mass is 32.2. The van der Waals surface area contributed by atoms with E-state index in [4.69, 9.17) is 16.6 Å². The first-order chi connectivity index (χ1) is 19.6. The van der Waals surface area contributed by atoms with Crippen molar-refractivity contribution in [2.75, 3.05) is 18.6 Å². The summed E-state index contributed by atoms with van der Waals surface area (Å²) >= 11 is 1.43. The normalized spacial score (nSPS) is 14.0. The zero-order chi connectivity index (χ0) is 30.4. The number of benzene rings is 1. The molecule has 0 radical (unpaired) electrons. The van der Waals surface area contributed by atoms with Crippen LogP contribution in [-0.2, 0) is 30.4 Å². The van der Waals surface area contributed by atoms with Crippen LogP contribution in [-0.4, -0.2) is 87.6 Å². The molecule has 4 atom stereocenters. The Hall–Kier alpha value is -3.62. The number of carbonyl (C=O) groups is 5. The van der Waals surface area contributed by atoms with E-state index < -0.39 is 60.2 Å². The lowest BCUT2D eigenvalue weighted by atomic mass is 10.0. The van der Waals surface area contributed by atoms with Gasteiger partial charge in [0.25, 0.3) is 0 Å². The number of aliphatic carboxylic acids is 2. The quantitative estimate of drug-likeness (QED) is 0.104. The number of hydrogen-bond acceptors (Lipinski definition) is 8. The highest BCUT2D eigenvalue weighted by Crippen LogP contribution is 2.19. The van der Waals surface area contributed by atoms with Crippen molar-refractivity contribution in [3.05, 3.63) is 36.0 Å². The second kappa shape index (κ2) is 17.3. The SMILES string of the molecule is CSCCC(NC(=O)C(CCCCN)NC(=O)C(N)Cc1c[nH]c2ccccc12)C(=O)NC(CCC(=O)O)C(=O)O. The molecule has 0 bridgehead atoms. The van der Waals surface area contributed by atoms with Crippen molar-refractivity contribution >= 4 is 52.3 Å². The predicted octanol–water partition coefficient (Wildman–Crippen LogP) is 0.324. The Balaban J connectivity index is 2.12. The van der Waals surface area contributed by atoms with Crippen molar-refractivity contribution in [1.29, 1.82) is 0 Å². The smallest absolute Gasteiger partial charge is 0.326 e. The number of hydrogen-bond donors (Lipinski definition) is 8. The van der Waals surface area contributed by atoms with Gasteiger partial charge in [-0.1, -0.05) is 18.2 Å². The third-order valence-corrected chi connectivity index (χ3v) is 7.18. The molecule has 10 N–H and O–H groups in total. The number of unbranched alkanes of at least 4 members (excludes halogenated alkanes) is 1. The van der Waals surface area contributed by atoms with E-state index in [0.29, 0.717) is 25.1 Å². The number of rotatable bonds is 19. The van der Waals surface area contributed by atoms with Crippen LogP contribution >= 0.6 is 11.8 Å². The van der Waals surface area contributed by atoms with Gasteiger partial charge in [-0.25, -0.2) is 4.79 Å². The molecule has 0 aliphatic rings. The molecule has 0 saturated carbocycles. The molecule has 2 aromatic rings. The number of fused-ring (bicyclic) bond motifs is 1. The number of amides is 3. The molecule has 41 heavy (non-hydrogen) atoms. The number of carboxylic acid groups (broad SMARTS) is 2. The number of aromatic nitrogens is 1. The minimum absolute atomic E-state index is 0.188. The molecule has 226 valence electrons. The molecule has 2 rings (SSSR count). The van der Waals surface area contributed by atoms with Crippen molar-refractivity contribution in [2.45, 2.75) is 69.1 Å². The molecule has 14 heteroatoms. The van der Waals surface area contributed by atoms with Crippen LogP contribution in [0.25, 0.3) is 10.9 Å². The molecule has 0 aliphatic heterocycles. The van der Waals surface area contributed by atoms with Gasteiger partial charge in [0, 0.05) is 23.5 Å². The summed E-state index contributed by atoms with van der Waals surface area (Å²) in [6, 6.07) is 3.13. The molecule has 3 amide bonds. The Morgan fingerprint density at radius 1 is 0.902 bits per heavy atom. The molecule has 0 saturated heterocycles. The molecule has 1 aromatic heterocycles. The van der Waals surface area contributed by atoms with Crippen LogP contribution in [0.4, 0.5) is 0 Å². The van der Waals surface area contributed by atoms with E-state index in [1.165, 1.54) is 11.8 Å². The summed E-state index contributed by atoms with van der Waals surface area (Å²) in [5.41, 5.74) is 13.6. The van der Waals surface area contributed by atoms with Gasteiger partial charge in [-0.05, 0) is 68.7 Å². The third-order valence-electron chi connectivity index (χ3n) is 6.54. The highest BCUT2D eigenvalue weighted by Gasteiger charge is 2.30. The fourth-order valence-electron chi connectivity index (χ4n) is 4.24. The molecule has 4 unspecified atom stereocenters. The minimum Gasteiger partial charge on any atom is -0.481 e. The Morgan fingerprint density at radius 3 is 2.17 bits per heavy atom. The molecular formula is C27H40N6O7S. The molecule has 1 heterocycles. The number of carboxylic acids is 2. The van der Waals surface area contributed by atoms with Crippen LogP contribution in [0, 0.1) is 0 Å². The standard InChI is InChI=1S/C27H40N6O7S/c1-41-13-11-21(26(38)33-22(27(39)40)9-10-23(34)35)32-25(37)20(8-4-5-12-28)31-24(36)18(29)14-16-15-30-19-7-3-2-6-17(16)19/h2-3,6-7,15,18,20-22,30H,4-5,8-14,28-29H2,1H3,(H,31,36)(H,32,37)(H,33,38)(H,34,35)(H,39,40). The van der Waals surface area contributed by atoms with Crippen molar-refractivity contribution in [3.8, 4) is 0 Å². The van der Waals surface area contributed by atoms with Crippen molar-refractivity contribution in [3.63, 3.8) is 0 Å². The summed E-state index contributed by atoms with van der Waals surface area (Å²) in [6.45, 7) is 0.397. The van der Waals surface area contributed by atoms with Crippen LogP contribution in [0.1, 0.15) is 44.1 Å². The van der Waals surface area contributed by atoms with E-state index in [0.717, 1.165) is 16.5 Å². The molecular weight excluding hydrogens is 552 g/mol. The number of aromatic amines is 1. The van der Waals surface area contributed by atoms with Crippen molar-refractivity contribution in [1.82, 2.24) is 20.9 Å². The van der Waals surface area contributed by atoms with Crippen LogP contribution in [0.3, 0.4) is 0 Å². The van der Waals surface area contributed by atoms with E-state index in [9.17, 15) is 29.1 Å². The first-order valence-corrected chi connectivity index (χ1v) is 14.8. The van der Waals surface area contributed by atoms with E-state index in [1.54, 1.807) is 6.20 Å². The van der Waals surface area contributed by atoms with Crippen LogP contribution in [0.2, 0.25) is 0 Å². The van der Waals surface area contributed by atoms with Gasteiger partial charge in [-0.2, -0.15) is 11.8 Å². The topological polar surface area (TPSA) is 230 Å². The van der Waals surface area contributed by atoms with E-state index in [1.807, 2.05) is 30.5 Å². The Labute approximate surface area is 242 Å². The van der Waals surface area contributed by atoms with Gasteiger partial charge in [-0.15, -0.1) is 0 Å². The number of nitrogens with two attached hydrogens (primary N) is 2. The zero-order valence-corrected chi connectivity index (χ0v) is 23.9. The summed E-state index contributed by atoms with van der Waals surface area (Å²) in [6.07, 6.45) is 4.66. The molecule has 0 aliphatic carbocycles. The first kappa shape index (κ1) is 33.6. The summed E-state index contributed by atoms with van der Waals surface area (Å²) in [5, 5.41) is 26.9. The second-order valence-electron chi connectivity index (χ2n) is 9.69. The fourth-order valence-corrected chi connectivity index (χ4v) is 4.72. The number of thioether (sulfide) groups is 1. The van der Waals surface area contributed by atoms with E-state index >= 15 is 0 Å². The van der Waals surface area contributed by atoms with Gasteiger partial charge in [0.05, 0.1) is 6.04 Å². The highest BCUT2D eigenvalue weighted by molar-refractivity contribution is 7.98. The fraction of sp³-hybridized carbons (Fsp3) is 0.519. The van der Waals surface area contributed by atoms with Crippen LogP contribution in [0.15, 0.2) is 30.5 Å². The Morgan fingerprint density at radius 2 is 1.54 bits per heavy atom. The number of nitrogens with one attached hydrogen (secondary N) is 4. The molecule has 13 nitrogen and oxygen atoms in total. The average molecular weight is 593 g/mol. The lowest BCUT2D eigenvalue weighted by Crippen LogP contribution is -2.57. The van der Waals surface area contributed by atoms with Gasteiger partial charge in [0.1, 0.15) is 18.1 Å². The Kier molecular flexibility index (Phi) is 14.1. The Bertz CT molecular complexity index is 1190. The maximum absolute atomic E-state index is 13.3. The first-order valence-electron chi connectivity index (χ1n) is 13.4. The average Bonchev–Trinajstić information content (AvgIpc) is 3.34. The maximum Gasteiger partial charge on any atom is 0.326 e. The van der Waals surface area contributed by atoms with E-state index in [2.05, 4.69) is 20.9 Å². The lowest BCUT2D eigenvalue weighted by molar-refractivity contribution is -0.143. The van der Waals surface area contributed by atoms with Gasteiger partial charge in [0.15, 0.2) is 0 Å². The monoisotopic (exact) mass is 592 g/mol. The molecule has 1 aromatic carbocycles. The van der Waals surface area contributed by atoms with Gasteiger partial charge < -0.3 is 42.6 Å². The second-order valence-corrected chi connectivity index (χ2v) is 10.7. The lowest BCUT2D eigenvalue weighted by Gasteiger charge is -2.25. The number of carbonyl (C=O) groups excluding carboxylic acids is 3. The molecule has 0 spiro atoms. The molecule has 0 fully saturated rings. The van der Waals surface area contributed by atoms with Gasteiger partial charge in [0.2, 0.25) is 17.7 Å². The van der Waals surface area contributed by atoms with E-state index in [-0.39, 0.29) is 25.7 Å². The zero-order valence-electron chi connectivity index (χ0n) is 23.1. The number of H-pyrrole nitrogens is 1. The maximum atomic E-state index is 13.3. The predicted molar refractivity (Wildman–Crippen MR) is 156 cm³/mol. The van der Waals surface area contributed by atoms with Crippen molar-refractivity contribution < 1.29 is 34.2 Å². The van der Waals surface area contributed by atoms with Crippen molar-refractivity contribution in [2.24, 2.45) is 11.5 Å². The third kappa shape index (κ3) is 11.1.